The maximum atomic E-state index is 12.3. The van der Waals surface area contributed by atoms with E-state index in [0.717, 1.165) is 0 Å². The zero-order valence-corrected chi connectivity index (χ0v) is 15.3. The van der Waals surface area contributed by atoms with Gasteiger partial charge in [-0.15, -0.1) is 0 Å². The van der Waals surface area contributed by atoms with Crippen LogP contribution in [0.5, 0.6) is 0 Å². The summed E-state index contributed by atoms with van der Waals surface area (Å²) in [5, 5.41) is 1.20. The molecule has 6 heteroatoms. The smallest absolute Gasteiger partial charge is 0.311 e. The molecule has 0 fully saturated rings. The Labute approximate surface area is 145 Å². The van der Waals surface area contributed by atoms with Gasteiger partial charge >= 0.3 is 5.97 Å². The fraction of sp³-hybridized carbons (Fsp3) is 0.500. The summed E-state index contributed by atoms with van der Waals surface area (Å²) in [5.74, 6) is -0.531. The molecular weight excluding hydrogens is 347 g/mol. The molecule has 1 rings (SSSR count). The van der Waals surface area contributed by atoms with E-state index in [9.17, 15) is 9.59 Å². The molecule has 0 aliphatic carbocycles. The van der Waals surface area contributed by atoms with E-state index in [0.29, 0.717) is 26.2 Å². The van der Waals surface area contributed by atoms with Gasteiger partial charge in [0, 0.05) is 22.9 Å². The Balaban J connectivity index is 2.91. The van der Waals surface area contributed by atoms with Crippen molar-refractivity contribution in [2.24, 2.45) is 5.41 Å². The van der Waals surface area contributed by atoms with Crippen molar-refractivity contribution in [1.29, 1.82) is 0 Å². The first-order valence-electron chi connectivity index (χ1n) is 6.92. The number of benzene rings is 1. The van der Waals surface area contributed by atoms with Crippen LogP contribution in [0.2, 0.25) is 15.1 Å². The number of halogens is 3. The second-order valence-electron chi connectivity index (χ2n) is 5.75. The Morgan fingerprint density at radius 3 is 2.32 bits per heavy atom. The lowest BCUT2D eigenvalue weighted by molar-refractivity contribution is -0.155. The first-order valence-corrected chi connectivity index (χ1v) is 8.05. The van der Waals surface area contributed by atoms with Crippen molar-refractivity contribution in [3.05, 3.63) is 32.3 Å². The highest BCUT2D eigenvalue weighted by molar-refractivity contribution is 6.40. The van der Waals surface area contributed by atoms with E-state index in [2.05, 4.69) is 0 Å². The molecule has 0 aliphatic heterocycles. The maximum absolute atomic E-state index is 12.3. The highest BCUT2D eigenvalue weighted by atomic mass is 35.5. The standard InChI is InChI=1S/C16H19Cl3O3/c1-5-22-15(21)16(3,4)8-10(20)6-11-13(18)7-12(17)9(2)14(11)19/h7H,5-6,8H2,1-4H3. The van der Waals surface area contributed by atoms with E-state index >= 15 is 0 Å². The molecule has 0 unspecified atom stereocenters. The zero-order valence-electron chi connectivity index (χ0n) is 13.1. The van der Waals surface area contributed by atoms with Gasteiger partial charge in [-0.2, -0.15) is 0 Å². The van der Waals surface area contributed by atoms with Gasteiger partial charge < -0.3 is 4.74 Å². The third-order valence-electron chi connectivity index (χ3n) is 3.34. The van der Waals surface area contributed by atoms with Gasteiger partial charge in [0.2, 0.25) is 0 Å². The minimum absolute atomic E-state index is 0.0541. The summed E-state index contributed by atoms with van der Waals surface area (Å²) in [7, 11) is 0. The third kappa shape index (κ3) is 4.61. The van der Waals surface area contributed by atoms with Crippen molar-refractivity contribution in [2.45, 2.75) is 40.5 Å². The molecule has 0 saturated heterocycles. The highest BCUT2D eigenvalue weighted by Gasteiger charge is 2.32. The molecule has 0 aliphatic rings. The first kappa shape index (κ1) is 19.3. The van der Waals surface area contributed by atoms with E-state index in [1.165, 1.54) is 0 Å². The minimum Gasteiger partial charge on any atom is -0.466 e. The minimum atomic E-state index is -0.881. The number of hydrogen-bond donors (Lipinski definition) is 0. The lowest BCUT2D eigenvalue weighted by Crippen LogP contribution is -2.30. The van der Waals surface area contributed by atoms with Crippen LogP contribution in [-0.2, 0) is 20.7 Å². The summed E-state index contributed by atoms with van der Waals surface area (Å²) in [5.41, 5.74) is 0.336. The number of carbonyl (C=O) groups is 2. The van der Waals surface area contributed by atoms with E-state index in [1.54, 1.807) is 33.8 Å². The molecule has 0 amide bonds. The molecule has 3 nitrogen and oxygen atoms in total. The molecule has 22 heavy (non-hydrogen) atoms. The van der Waals surface area contributed by atoms with Gasteiger partial charge in [-0.1, -0.05) is 34.8 Å². The molecule has 0 atom stereocenters. The van der Waals surface area contributed by atoms with Crippen molar-refractivity contribution < 1.29 is 14.3 Å². The van der Waals surface area contributed by atoms with Gasteiger partial charge in [0.1, 0.15) is 5.78 Å². The molecule has 0 aromatic heterocycles. The van der Waals surface area contributed by atoms with E-state index in [4.69, 9.17) is 39.5 Å². The third-order valence-corrected chi connectivity index (χ3v) is 4.58. The summed E-state index contributed by atoms with van der Waals surface area (Å²) in [6.45, 7) is 7.13. The maximum Gasteiger partial charge on any atom is 0.311 e. The summed E-state index contributed by atoms with van der Waals surface area (Å²) in [4.78, 5) is 24.1. The monoisotopic (exact) mass is 364 g/mol. The van der Waals surface area contributed by atoms with Gasteiger partial charge in [0.05, 0.1) is 17.0 Å². The van der Waals surface area contributed by atoms with Crippen molar-refractivity contribution >= 4 is 46.6 Å². The highest BCUT2D eigenvalue weighted by Crippen LogP contribution is 2.34. The van der Waals surface area contributed by atoms with Crippen LogP contribution in [0.3, 0.4) is 0 Å². The number of ether oxygens (including phenoxy) is 1. The van der Waals surface area contributed by atoms with Gasteiger partial charge in [-0.25, -0.2) is 0 Å². The quantitative estimate of drug-likeness (QED) is 0.663. The molecule has 0 bridgehead atoms. The molecule has 0 N–H and O–H groups in total. The summed E-state index contributed by atoms with van der Waals surface area (Å²) >= 11 is 18.3. The first-order chi connectivity index (χ1) is 10.1. The number of esters is 1. The van der Waals surface area contributed by atoms with Gasteiger partial charge in [0.15, 0.2) is 0 Å². The van der Waals surface area contributed by atoms with Crippen LogP contribution in [0.25, 0.3) is 0 Å². The number of carbonyl (C=O) groups excluding carboxylic acids is 2. The summed E-state index contributed by atoms with van der Waals surface area (Å²) in [6.07, 6.45) is 0.110. The molecular formula is C16H19Cl3O3. The summed E-state index contributed by atoms with van der Waals surface area (Å²) in [6, 6.07) is 1.57. The zero-order chi connectivity index (χ0) is 17.1. The Hall–Kier alpha value is -0.770. The second kappa shape index (κ2) is 7.67. The SMILES string of the molecule is CCOC(=O)C(C)(C)CC(=O)Cc1c(Cl)cc(Cl)c(C)c1Cl. The molecule has 1 aromatic rings. The van der Waals surface area contributed by atoms with Crippen LogP contribution < -0.4 is 0 Å². The normalized spacial score (nSPS) is 11.4. The lowest BCUT2D eigenvalue weighted by Gasteiger charge is -2.21. The predicted molar refractivity (Wildman–Crippen MR) is 90.0 cm³/mol. The average Bonchev–Trinajstić information content (AvgIpc) is 2.41. The van der Waals surface area contributed by atoms with Gasteiger partial charge in [0.25, 0.3) is 0 Å². The number of ketones is 1. The average molecular weight is 366 g/mol. The topological polar surface area (TPSA) is 43.4 Å². The molecule has 0 radical (unpaired) electrons. The molecule has 122 valence electrons. The number of Topliss-reactive ketones (excluding diaryl/α,β-unsaturated/α-hetero) is 1. The Morgan fingerprint density at radius 1 is 1.18 bits per heavy atom. The Kier molecular flexibility index (Phi) is 6.72. The Morgan fingerprint density at radius 2 is 1.77 bits per heavy atom. The van der Waals surface area contributed by atoms with E-state index < -0.39 is 11.4 Å². The van der Waals surface area contributed by atoms with Crippen LogP contribution in [0.4, 0.5) is 0 Å². The van der Waals surface area contributed by atoms with Crippen LogP contribution in [0.1, 0.15) is 38.3 Å². The molecule has 0 saturated carbocycles. The predicted octanol–water partition coefficient (Wildman–Crippen LogP) is 5.05. The van der Waals surface area contributed by atoms with Gasteiger partial charge in [-0.3, -0.25) is 9.59 Å². The Bertz CT molecular complexity index is 595. The van der Waals surface area contributed by atoms with Gasteiger partial charge in [-0.05, 0) is 44.9 Å². The lowest BCUT2D eigenvalue weighted by atomic mass is 9.86. The molecule has 0 spiro atoms. The van der Waals surface area contributed by atoms with Crippen molar-refractivity contribution in [2.75, 3.05) is 6.61 Å². The molecule has 1 aromatic carbocycles. The van der Waals surface area contributed by atoms with Crippen LogP contribution in [0.15, 0.2) is 6.07 Å². The van der Waals surface area contributed by atoms with Crippen LogP contribution in [-0.4, -0.2) is 18.4 Å². The largest absolute Gasteiger partial charge is 0.466 e. The van der Waals surface area contributed by atoms with Crippen LogP contribution >= 0.6 is 34.8 Å². The van der Waals surface area contributed by atoms with Crippen molar-refractivity contribution in [3.8, 4) is 0 Å². The van der Waals surface area contributed by atoms with Crippen molar-refractivity contribution in [3.63, 3.8) is 0 Å². The summed E-state index contributed by atoms with van der Waals surface area (Å²) < 4.78 is 4.98. The fourth-order valence-corrected chi connectivity index (χ4v) is 2.95. The number of rotatable bonds is 6. The van der Waals surface area contributed by atoms with E-state index in [-0.39, 0.29) is 25.2 Å². The number of hydrogen-bond acceptors (Lipinski definition) is 3. The van der Waals surface area contributed by atoms with E-state index in [1.807, 2.05) is 0 Å². The van der Waals surface area contributed by atoms with Crippen molar-refractivity contribution in [1.82, 2.24) is 0 Å². The van der Waals surface area contributed by atoms with Crippen LogP contribution in [0, 0.1) is 12.3 Å². The second-order valence-corrected chi connectivity index (χ2v) is 6.95. The molecule has 0 heterocycles. The fourth-order valence-electron chi connectivity index (χ4n) is 2.06.